The highest BCUT2D eigenvalue weighted by Gasteiger charge is 2.27. The Morgan fingerprint density at radius 2 is 1.93 bits per heavy atom. The lowest BCUT2D eigenvalue weighted by molar-refractivity contribution is 0.0525. The predicted octanol–water partition coefficient (Wildman–Crippen LogP) is 4.59. The van der Waals surface area contributed by atoms with E-state index in [1.807, 2.05) is 31.5 Å². The van der Waals surface area contributed by atoms with E-state index in [-0.39, 0.29) is 11.4 Å². The second-order valence-electron chi connectivity index (χ2n) is 8.21. The van der Waals surface area contributed by atoms with E-state index >= 15 is 0 Å². The van der Waals surface area contributed by atoms with Gasteiger partial charge >= 0.3 is 5.97 Å². The first-order valence-electron chi connectivity index (χ1n) is 9.72. The van der Waals surface area contributed by atoms with Crippen molar-refractivity contribution in [2.24, 2.45) is 5.41 Å². The zero-order valence-electron chi connectivity index (χ0n) is 17.5. The number of hydrogen-bond donors (Lipinski definition) is 0. The number of aromatic nitrogens is 4. The lowest BCUT2D eigenvalue weighted by Gasteiger charge is -2.21. The summed E-state index contributed by atoms with van der Waals surface area (Å²) in [7, 11) is 0. The maximum absolute atomic E-state index is 13.0. The van der Waals surface area contributed by atoms with Gasteiger partial charge in [-0.15, -0.1) is 0 Å². The predicted molar refractivity (Wildman–Crippen MR) is 110 cm³/mol. The van der Waals surface area contributed by atoms with Crippen LogP contribution in [0.3, 0.4) is 0 Å². The first kappa shape index (κ1) is 20.0. The third-order valence-corrected chi connectivity index (χ3v) is 4.50. The highest BCUT2D eigenvalue weighted by molar-refractivity contribution is 6.07. The number of ether oxygens (including phenoxy) is 1. The number of pyridine rings is 2. The van der Waals surface area contributed by atoms with Crippen molar-refractivity contribution in [2.45, 2.75) is 54.5 Å². The van der Waals surface area contributed by atoms with Gasteiger partial charge in [-0.1, -0.05) is 20.8 Å². The van der Waals surface area contributed by atoms with Crippen molar-refractivity contribution in [3.05, 3.63) is 41.5 Å². The minimum atomic E-state index is -0.350. The summed E-state index contributed by atoms with van der Waals surface area (Å²) >= 11 is 0. The van der Waals surface area contributed by atoms with Crippen molar-refractivity contribution < 1.29 is 9.53 Å². The molecule has 0 aliphatic heterocycles. The molecular formula is C22H28N4O2. The van der Waals surface area contributed by atoms with Gasteiger partial charge in [-0.25, -0.2) is 14.5 Å². The molecule has 3 aromatic heterocycles. The average Bonchev–Trinajstić information content (AvgIpc) is 3.01. The molecule has 0 N–H and O–H groups in total. The Balaban J connectivity index is 2.42. The molecule has 0 saturated heterocycles. The number of rotatable bonds is 5. The van der Waals surface area contributed by atoms with E-state index < -0.39 is 0 Å². The van der Waals surface area contributed by atoms with Gasteiger partial charge in [0.05, 0.1) is 24.1 Å². The Kier molecular flexibility index (Phi) is 5.49. The first-order valence-corrected chi connectivity index (χ1v) is 9.72. The largest absolute Gasteiger partial charge is 0.462 e. The molecule has 0 bridgehead atoms. The van der Waals surface area contributed by atoms with Gasteiger partial charge in [0.25, 0.3) is 0 Å². The maximum Gasteiger partial charge on any atom is 0.340 e. The molecule has 0 unspecified atom stereocenters. The fourth-order valence-electron chi connectivity index (χ4n) is 3.41. The summed E-state index contributed by atoms with van der Waals surface area (Å²) in [5, 5.41) is 5.33. The summed E-state index contributed by atoms with van der Waals surface area (Å²) in [6.07, 6.45) is 6.03. The van der Waals surface area contributed by atoms with Crippen LogP contribution in [0.25, 0.3) is 22.2 Å². The van der Waals surface area contributed by atoms with Crippen molar-refractivity contribution in [1.82, 2.24) is 19.7 Å². The van der Waals surface area contributed by atoms with Gasteiger partial charge in [0, 0.05) is 35.5 Å². The minimum absolute atomic E-state index is 0.0406. The average molecular weight is 380 g/mol. The van der Waals surface area contributed by atoms with E-state index in [0.717, 1.165) is 33.4 Å². The summed E-state index contributed by atoms with van der Waals surface area (Å²) in [5.41, 5.74) is 4.71. The molecule has 0 saturated carbocycles. The van der Waals surface area contributed by atoms with Crippen molar-refractivity contribution in [3.8, 4) is 11.1 Å². The molecule has 3 aromatic rings. The van der Waals surface area contributed by atoms with Crippen molar-refractivity contribution in [2.75, 3.05) is 6.61 Å². The zero-order valence-corrected chi connectivity index (χ0v) is 17.5. The summed E-state index contributed by atoms with van der Waals surface area (Å²) in [6, 6.07) is 2.04. The van der Waals surface area contributed by atoms with Gasteiger partial charge < -0.3 is 4.74 Å². The SMILES string of the molecule is CCOC(=O)c1c(CC(C)(C)C)nc2c(cnn2CC)c1-c1cncc(C)c1. The van der Waals surface area contributed by atoms with Crippen LogP contribution < -0.4 is 0 Å². The van der Waals surface area contributed by atoms with E-state index in [9.17, 15) is 4.79 Å². The Morgan fingerprint density at radius 3 is 2.54 bits per heavy atom. The fraction of sp³-hybridized carbons (Fsp3) is 0.455. The molecule has 0 radical (unpaired) electrons. The van der Waals surface area contributed by atoms with Gasteiger partial charge in [-0.05, 0) is 44.2 Å². The summed E-state index contributed by atoms with van der Waals surface area (Å²) < 4.78 is 7.30. The normalized spacial score (nSPS) is 11.8. The molecule has 3 heterocycles. The highest BCUT2D eigenvalue weighted by Crippen LogP contribution is 2.36. The molecule has 0 aromatic carbocycles. The standard InChI is InChI=1S/C22H28N4O2/c1-7-26-20-16(13-24-26)18(15-9-14(3)11-23-12-15)19(21(27)28-8-2)17(25-20)10-22(4,5)6/h9,11-13H,7-8,10H2,1-6H3. The molecule has 0 aliphatic carbocycles. The van der Waals surface area contributed by atoms with E-state index in [0.29, 0.717) is 25.1 Å². The Labute approximate surface area is 166 Å². The Hall–Kier alpha value is -2.76. The molecule has 148 valence electrons. The van der Waals surface area contributed by atoms with E-state index in [1.165, 1.54) is 0 Å². The van der Waals surface area contributed by atoms with Crippen LogP contribution in [0.15, 0.2) is 24.7 Å². The number of fused-ring (bicyclic) bond motifs is 1. The topological polar surface area (TPSA) is 69.9 Å². The van der Waals surface area contributed by atoms with Gasteiger partial charge in [0.15, 0.2) is 5.65 Å². The number of hydrogen-bond acceptors (Lipinski definition) is 5. The monoisotopic (exact) mass is 380 g/mol. The lowest BCUT2D eigenvalue weighted by atomic mass is 9.86. The van der Waals surface area contributed by atoms with E-state index in [2.05, 4.69) is 30.9 Å². The van der Waals surface area contributed by atoms with E-state index in [4.69, 9.17) is 9.72 Å². The second kappa shape index (κ2) is 7.70. The number of aryl methyl sites for hydroxylation is 2. The maximum atomic E-state index is 13.0. The van der Waals surface area contributed by atoms with Crippen molar-refractivity contribution in [1.29, 1.82) is 0 Å². The Bertz CT molecular complexity index is 1020. The smallest absolute Gasteiger partial charge is 0.340 e. The van der Waals surface area contributed by atoms with Crippen LogP contribution in [0, 0.1) is 12.3 Å². The van der Waals surface area contributed by atoms with E-state index in [1.54, 1.807) is 18.6 Å². The highest BCUT2D eigenvalue weighted by atomic mass is 16.5. The molecule has 0 aliphatic rings. The van der Waals surface area contributed by atoms with Crippen LogP contribution in [0.4, 0.5) is 0 Å². The summed E-state index contributed by atoms with van der Waals surface area (Å²) in [4.78, 5) is 22.3. The molecule has 28 heavy (non-hydrogen) atoms. The van der Waals surface area contributed by atoms with Crippen molar-refractivity contribution >= 4 is 17.0 Å². The fourth-order valence-corrected chi connectivity index (χ4v) is 3.41. The molecule has 6 nitrogen and oxygen atoms in total. The molecule has 6 heteroatoms. The molecular weight excluding hydrogens is 352 g/mol. The quantitative estimate of drug-likeness (QED) is 0.606. The van der Waals surface area contributed by atoms with Crippen molar-refractivity contribution in [3.63, 3.8) is 0 Å². The second-order valence-corrected chi connectivity index (χ2v) is 8.21. The third-order valence-electron chi connectivity index (χ3n) is 4.50. The van der Waals surface area contributed by atoms with Gasteiger partial charge in [-0.2, -0.15) is 5.10 Å². The zero-order chi connectivity index (χ0) is 20.5. The molecule has 0 amide bonds. The van der Waals surface area contributed by atoms with Gasteiger partial charge in [-0.3, -0.25) is 4.98 Å². The molecule has 3 rings (SSSR count). The summed E-state index contributed by atoms with van der Waals surface area (Å²) in [6.45, 7) is 13.3. The number of nitrogens with zero attached hydrogens (tertiary/aromatic N) is 4. The summed E-state index contributed by atoms with van der Waals surface area (Å²) in [5.74, 6) is -0.350. The molecule has 0 atom stereocenters. The van der Waals surface area contributed by atoms with Crippen LogP contribution in [0.2, 0.25) is 0 Å². The van der Waals surface area contributed by atoms with Crippen LogP contribution in [0.1, 0.15) is 56.2 Å². The number of esters is 1. The van der Waals surface area contributed by atoms with Crippen LogP contribution >= 0.6 is 0 Å². The molecule has 0 fully saturated rings. The Morgan fingerprint density at radius 1 is 1.18 bits per heavy atom. The van der Waals surface area contributed by atoms with Crippen LogP contribution in [0.5, 0.6) is 0 Å². The van der Waals surface area contributed by atoms with Gasteiger partial charge in [0.2, 0.25) is 0 Å². The van der Waals surface area contributed by atoms with Crippen LogP contribution in [-0.4, -0.2) is 32.3 Å². The molecule has 0 spiro atoms. The first-order chi connectivity index (χ1) is 13.2. The van der Waals surface area contributed by atoms with Crippen LogP contribution in [-0.2, 0) is 17.7 Å². The minimum Gasteiger partial charge on any atom is -0.462 e. The number of carbonyl (C=O) groups excluding carboxylic acids is 1. The van der Waals surface area contributed by atoms with Gasteiger partial charge in [0.1, 0.15) is 0 Å². The third kappa shape index (κ3) is 3.91. The lowest BCUT2D eigenvalue weighted by Crippen LogP contribution is -2.18. The number of carbonyl (C=O) groups is 1.